The predicted molar refractivity (Wildman–Crippen MR) is 99.6 cm³/mol. The molecule has 6 nitrogen and oxygen atoms in total. The summed E-state index contributed by atoms with van der Waals surface area (Å²) in [6.07, 6.45) is 0.886. The zero-order chi connectivity index (χ0) is 18.9. The summed E-state index contributed by atoms with van der Waals surface area (Å²) < 4.78 is 4.97. The Bertz CT molecular complexity index is 781. The molecule has 0 fully saturated rings. The number of carbonyl (C=O) groups excluding carboxylic acids is 3. The Morgan fingerprint density at radius 1 is 1.04 bits per heavy atom. The zero-order valence-corrected chi connectivity index (χ0v) is 15.1. The molecule has 0 spiro atoms. The normalized spacial score (nSPS) is 10.6. The summed E-state index contributed by atoms with van der Waals surface area (Å²) in [4.78, 5) is 35.2. The lowest BCUT2D eigenvalue weighted by molar-refractivity contribution is -0.147. The third-order valence-electron chi connectivity index (χ3n) is 3.84. The Hall–Kier alpha value is -2.89. The van der Waals surface area contributed by atoms with Crippen molar-refractivity contribution in [3.63, 3.8) is 0 Å². The molecule has 138 valence electrons. The van der Waals surface area contributed by atoms with Crippen molar-refractivity contribution in [3.05, 3.63) is 48.0 Å². The second kappa shape index (κ2) is 9.56. The van der Waals surface area contributed by atoms with Crippen molar-refractivity contribution >= 4 is 28.7 Å². The number of rotatable bonds is 7. The number of carbonyl (C=O) groups is 3. The molecule has 0 saturated carbocycles. The molecule has 0 unspecified atom stereocenters. The fourth-order valence-corrected chi connectivity index (χ4v) is 2.48. The minimum Gasteiger partial charge on any atom is -0.455 e. The number of benzene rings is 2. The van der Waals surface area contributed by atoms with Crippen molar-refractivity contribution in [2.75, 3.05) is 13.2 Å². The number of fused-ring (bicyclic) bond motifs is 1. The summed E-state index contributed by atoms with van der Waals surface area (Å²) in [6, 6.07) is 12.9. The molecule has 6 heteroatoms. The van der Waals surface area contributed by atoms with E-state index in [2.05, 4.69) is 10.6 Å². The lowest BCUT2D eigenvalue weighted by Gasteiger charge is -2.09. The van der Waals surface area contributed by atoms with Crippen LogP contribution >= 0.6 is 0 Å². The van der Waals surface area contributed by atoms with E-state index in [0.717, 1.165) is 22.8 Å². The van der Waals surface area contributed by atoms with Crippen LogP contribution in [0.2, 0.25) is 0 Å². The fourth-order valence-electron chi connectivity index (χ4n) is 2.48. The van der Waals surface area contributed by atoms with Crippen molar-refractivity contribution in [1.82, 2.24) is 10.6 Å². The average Bonchev–Trinajstić information content (AvgIpc) is 2.60. The van der Waals surface area contributed by atoms with Crippen LogP contribution in [-0.2, 0) is 20.7 Å². The Morgan fingerprint density at radius 2 is 1.77 bits per heavy atom. The summed E-state index contributed by atoms with van der Waals surface area (Å²) in [5.41, 5.74) is 0.833. The van der Waals surface area contributed by atoms with Crippen LogP contribution in [0.5, 0.6) is 0 Å². The maximum Gasteiger partial charge on any atom is 0.321 e. The van der Waals surface area contributed by atoms with Crippen molar-refractivity contribution in [2.24, 2.45) is 5.92 Å². The van der Waals surface area contributed by atoms with E-state index >= 15 is 0 Å². The van der Waals surface area contributed by atoms with Gasteiger partial charge in [0.2, 0.25) is 0 Å². The molecular formula is C20H24N2O4. The van der Waals surface area contributed by atoms with E-state index in [0.29, 0.717) is 12.5 Å². The summed E-state index contributed by atoms with van der Waals surface area (Å²) in [5.74, 6) is -0.712. The molecule has 26 heavy (non-hydrogen) atoms. The number of nitrogens with one attached hydrogen (secondary N) is 2. The molecule has 2 aromatic carbocycles. The van der Waals surface area contributed by atoms with Gasteiger partial charge in [-0.3, -0.25) is 14.9 Å². The zero-order valence-electron chi connectivity index (χ0n) is 15.1. The summed E-state index contributed by atoms with van der Waals surface area (Å²) >= 11 is 0. The third-order valence-corrected chi connectivity index (χ3v) is 3.84. The highest BCUT2D eigenvalue weighted by Gasteiger charge is 2.12. The molecule has 0 saturated heterocycles. The van der Waals surface area contributed by atoms with Crippen molar-refractivity contribution in [3.8, 4) is 0 Å². The largest absolute Gasteiger partial charge is 0.455 e. The van der Waals surface area contributed by atoms with E-state index in [1.54, 1.807) is 0 Å². The first-order valence-electron chi connectivity index (χ1n) is 8.65. The number of hydrogen-bond acceptors (Lipinski definition) is 4. The molecule has 0 aliphatic rings. The van der Waals surface area contributed by atoms with Gasteiger partial charge in [0.05, 0.1) is 6.42 Å². The van der Waals surface area contributed by atoms with Gasteiger partial charge in [-0.1, -0.05) is 56.3 Å². The Labute approximate surface area is 152 Å². The van der Waals surface area contributed by atoms with Crippen molar-refractivity contribution < 1.29 is 19.1 Å². The van der Waals surface area contributed by atoms with Gasteiger partial charge in [0.15, 0.2) is 6.61 Å². The predicted octanol–water partition coefficient (Wildman–Crippen LogP) is 2.80. The standard InChI is InChI=1S/C20H24N2O4/c1-14(2)10-11-21-20(25)22-18(23)13-26-19(24)12-16-8-5-7-15-6-3-4-9-17(15)16/h3-9,14H,10-13H2,1-2H3,(H2,21,22,23,25). The molecule has 2 rings (SSSR count). The highest BCUT2D eigenvalue weighted by molar-refractivity contribution is 5.95. The second-order valence-corrected chi connectivity index (χ2v) is 6.46. The number of imide groups is 1. The van der Waals surface area contributed by atoms with Crippen LogP contribution in [0.1, 0.15) is 25.8 Å². The number of urea groups is 1. The van der Waals surface area contributed by atoms with Crippen LogP contribution in [0.3, 0.4) is 0 Å². The van der Waals surface area contributed by atoms with Gasteiger partial charge in [-0.25, -0.2) is 4.79 Å². The van der Waals surface area contributed by atoms with Crippen LogP contribution in [0.4, 0.5) is 4.79 Å². The van der Waals surface area contributed by atoms with Gasteiger partial charge >= 0.3 is 12.0 Å². The number of amides is 3. The lowest BCUT2D eigenvalue weighted by atomic mass is 10.0. The maximum atomic E-state index is 12.0. The summed E-state index contributed by atoms with van der Waals surface area (Å²) in [7, 11) is 0. The molecular weight excluding hydrogens is 332 g/mol. The molecule has 0 aliphatic heterocycles. The van der Waals surface area contributed by atoms with Gasteiger partial charge in [-0.05, 0) is 28.7 Å². The van der Waals surface area contributed by atoms with Gasteiger partial charge < -0.3 is 10.1 Å². The monoisotopic (exact) mass is 356 g/mol. The minimum atomic E-state index is -0.654. The first-order chi connectivity index (χ1) is 12.5. The number of esters is 1. The van der Waals surface area contributed by atoms with E-state index < -0.39 is 24.5 Å². The molecule has 0 radical (unpaired) electrons. The van der Waals surface area contributed by atoms with Crippen molar-refractivity contribution in [2.45, 2.75) is 26.7 Å². The molecule has 0 bridgehead atoms. The van der Waals surface area contributed by atoms with Crippen LogP contribution in [0.15, 0.2) is 42.5 Å². The molecule has 0 aliphatic carbocycles. The van der Waals surface area contributed by atoms with Crippen molar-refractivity contribution in [1.29, 1.82) is 0 Å². The van der Waals surface area contributed by atoms with Gasteiger partial charge in [0, 0.05) is 6.54 Å². The van der Waals surface area contributed by atoms with Crippen LogP contribution in [0, 0.1) is 5.92 Å². The average molecular weight is 356 g/mol. The highest BCUT2D eigenvalue weighted by atomic mass is 16.5. The minimum absolute atomic E-state index is 0.0647. The Kier molecular flexibility index (Phi) is 7.14. The van der Waals surface area contributed by atoms with Crippen LogP contribution in [0.25, 0.3) is 10.8 Å². The van der Waals surface area contributed by atoms with Gasteiger partial charge in [-0.2, -0.15) is 0 Å². The van der Waals surface area contributed by atoms with E-state index in [1.165, 1.54) is 0 Å². The number of hydrogen-bond donors (Lipinski definition) is 2. The van der Waals surface area contributed by atoms with Gasteiger partial charge in [0.25, 0.3) is 5.91 Å². The fraction of sp³-hybridized carbons (Fsp3) is 0.350. The van der Waals surface area contributed by atoms with Gasteiger partial charge in [0.1, 0.15) is 0 Å². The van der Waals surface area contributed by atoms with E-state index in [9.17, 15) is 14.4 Å². The van der Waals surface area contributed by atoms with E-state index in [1.807, 2.05) is 56.3 Å². The first-order valence-corrected chi connectivity index (χ1v) is 8.65. The smallest absolute Gasteiger partial charge is 0.321 e. The highest BCUT2D eigenvalue weighted by Crippen LogP contribution is 2.19. The number of ether oxygens (including phenoxy) is 1. The molecule has 0 aromatic heterocycles. The molecule has 2 N–H and O–H groups in total. The van der Waals surface area contributed by atoms with Gasteiger partial charge in [-0.15, -0.1) is 0 Å². The van der Waals surface area contributed by atoms with E-state index in [-0.39, 0.29) is 6.42 Å². The Morgan fingerprint density at radius 3 is 2.54 bits per heavy atom. The third kappa shape index (κ3) is 6.20. The SMILES string of the molecule is CC(C)CCNC(=O)NC(=O)COC(=O)Cc1cccc2ccccc12. The maximum absolute atomic E-state index is 12.0. The first kappa shape index (κ1) is 19.4. The second-order valence-electron chi connectivity index (χ2n) is 6.46. The summed E-state index contributed by atoms with van der Waals surface area (Å²) in [6.45, 7) is 4.08. The lowest BCUT2D eigenvalue weighted by Crippen LogP contribution is -2.42. The molecule has 0 atom stereocenters. The molecule has 0 heterocycles. The quantitative estimate of drug-likeness (QED) is 0.747. The van der Waals surface area contributed by atoms with Crippen LogP contribution < -0.4 is 10.6 Å². The molecule has 2 aromatic rings. The van der Waals surface area contributed by atoms with Crippen LogP contribution in [-0.4, -0.2) is 31.1 Å². The van der Waals surface area contributed by atoms with E-state index in [4.69, 9.17) is 4.74 Å². The summed E-state index contributed by atoms with van der Waals surface area (Å²) in [5, 5.41) is 6.73. The Balaban J connectivity index is 1.77. The molecule has 3 amide bonds. The topological polar surface area (TPSA) is 84.5 Å².